The van der Waals surface area contributed by atoms with Crippen LogP contribution in [-0.2, 0) is 23.0 Å². The topological polar surface area (TPSA) is 83.7 Å². The Kier molecular flexibility index (Phi) is 6.23. The number of aromatic nitrogens is 1. The fraction of sp³-hybridized carbons (Fsp3) is 0.185. The van der Waals surface area contributed by atoms with Crippen LogP contribution in [0.4, 0.5) is 5.82 Å². The van der Waals surface area contributed by atoms with Crippen LogP contribution in [0.5, 0.6) is 0 Å². The monoisotopic (exact) mass is 487 g/mol. The first-order valence-electron chi connectivity index (χ1n) is 11.4. The Hall–Kier alpha value is -3.75. The van der Waals surface area contributed by atoms with Gasteiger partial charge in [0.15, 0.2) is 0 Å². The summed E-state index contributed by atoms with van der Waals surface area (Å²) in [6.45, 7) is 2.62. The molecule has 0 saturated heterocycles. The van der Waals surface area contributed by atoms with Crippen molar-refractivity contribution in [2.24, 2.45) is 0 Å². The predicted molar refractivity (Wildman–Crippen MR) is 132 cm³/mol. The van der Waals surface area contributed by atoms with E-state index in [0.717, 1.165) is 5.56 Å². The highest BCUT2D eigenvalue weighted by atomic mass is 32.2. The zero-order valence-corrected chi connectivity index (χ0v) is 20.1. The van der Waals surface area contributed by atoms with E-state index in [-0.39, 0.29) is 10.8 Å². The van der Waals surface area contributed by atoms with Gasteiger partial charge in [-0.05, 0) is 73.0 Å². The van der Waals surface area contributed by atoms with Crippen molar-refractivity contribution in [1.29, 1.82) is 0 Å². The second-order valence-corrected chi connectivity index (χ2v) is 10.4. The molecule has 7 nitrogen and oxygen atoms in total. The lowest BCUT2D eigenvalue weighted by molar-refractivity contribution is 0.0974. The zero-order chi connectivity index (χ0) is 24.4. The molecule has 0 N–H and O–H groups in total. The van der Waals surface area contributed by atoms with Crippen molar-refractivity contribution in [2.45, 2.75) is 30.8 Å². The maximum absolute atomic E-state index is 13.6. The number of carbonyl (C=O) groups is 1. The van der Waals surface area contributed by atoms with Gasteiger partial charge in [0, 0.05) is 24.8 Å². The minimum Gasteiger partial charge on any atom is -0.467 e. The summed E-state index contributed by atoms with van der Waals surface area (Å²) in [4.78, 5) is 19.6. The van der Waals surface area contributed by atoms with Gasteiger partial charge in [-0.25, -0.2) is 13.4 Å². The molecule has 2 aromatic carbocycles. The second kappa shape index (κ2) is 9.48. The van der Waals surface area contributed by atoms with E-state index >= 15 is 0 Å². The average molecular weight is 488 g/mol. The normalized spacial score (nSPS) is 14.8. The lowest BCUT2D eigenvalue weighted by Gasteiger charge is -2.28. The number of furan rings is 1. The number of rotatable bonds is 6. The van der Waals surface area contributed by atoms with E-state index in [1.807, 2.05) is 37.3 Å². The van der Waals surface area contributed by atoms with Crippen LogP contribution < -0.4 is 4.90 Å². The molecule has 0 radical (unpaired) electrons. The molecule has 1 aliphatic heterocycles. The van der Waals surface area contributed by atoms with Crippen LogP contribution in [0.3, 0.4) is 0 Å². The fourth-order valence-electron chi connectivity index (χ4n) is 4.36. The van der Waals surface area contributed by atoms with E-state index in [0.29, 0.717) is 36.7 Å². The molecule has 0 saturated carbocycles. The Bertz CT molecular complexity index is 1420. The van der Waals surface area contributed by atoms with Crippen LogP contribution in [0.25, 0.3) is 0 Å². The number of anilines is 1. The van der Waals surface area contributed by atoms with Crippen LogP contribution >= 0.6 is 0 Å². The summed E-state index contributed by atoms with van der Waals surface area (Å²) in [5.41, 5.74) is 2.56. The van der Waals surface area contributed by atoms with Crippen molar-refractivity contribution in [3.05, 3.63) is 114 Å². The van der Waals surface area contributed by atoms with Gasteiger partial charge in [-0.1, -0.05) is 30.3 Å². The summed E-state index contributed by atoms with van der Waals surface area (Å²) in [5.74, 6) is 0.794. The third-order valence-electron chi connectivity index (χ3n) is 6.29. The van der Waals surface area contributed by atoms with E-state index < -0.39 is 16.1 Å². The molecule has 0 fully saturated rings. The zero-order valence-electron chi connectivity index (χ0n) is 19.2. The van der Waals surface area contributed by atoms with E-state index in [4.69, 9.17) is 4.42 Å². The van der Waals surface area contributed by atoms with E-state index in [2.05, 4.69) is 4.98 Å². The van der Waals surface area contributed by atoms with E-state index in [1.165, 1.54) is 22.0 Å². The van der Waals surface area contributed by atoms with Crippen molar-refractivity contribution < 1.29 is 17.6 Å². The highest BCUT2D eigenvalue weighted by Crippen LogP contribution is 2.29. The second-order valence-electron chi connectivity index (χ2n) is 8.44. The van der Waals surface area contributed by atoms with Gasteiger partial charge in [0.05, 0.1) is 17.2 Å². The van der Waals surface area contributed by atoms with Gasteiger partial charge in [-0.3, -0.25) is 9.69 Å². The van der Waals surface area contributed by atoms with Crippen molar-refractivity contribution in [1.82, 2.24) is 9.29 Å². The van der Waals surface area contributed by atoms with Crippen molar-refractivity contribution >= 4 is 21.7 Å². The Morgan fingerprint density at radius 1 is 0.971 bits per heavy atom. The lowest BCUT2D eigenvalue weighted by Crippen LogP contribution is -2.36. The Morgan fingerprint density at radius 2 is 1.71 bits per heavy atom. The van der Waals surface area contributed by atoms with Crippen molar-refractivity contribution in [2.75, 3.05) is 11.4 Å². The predicted octanol–water partition coefficient (Wildman–Crippen LogP) is 4.83. The third-order valence-corrected chi connectivity index (χ3v) is 8.15. The molecule has 5 rings (SSSR count). The minimum atomic E-state index is -3.69. The third kappa shape index (κ3) is 4.50. The maximum Gasteiger partial charge on any atom is 0.260 e. The maximum atomic E-state index is 13.6. The molecule has 1 atom stereocenters. The van der Waals surface area contributed by atoms with Crippen molar-refractivity contribution in [3.8, 4) is 0 Å². The molecule has 1 aliphatic rings. The summed E-state index contributed by atoms with van der Waals surface area (Å²) in [5, 5.41) is 0. The van der Waals surface area contributed by atoms with Gasteiger partial charge < -0.3 is 4.42 Å². The molecule has 4 aromatic rings. The molecule has 178 valence electrons. The van der Waals surface area contributed by atoms with E-state index in [9.17, 15) is 13.2 Å². The van der Waals surface area contributed by atoms with Crippen LogP contribution in [0.15, 0.2) is 101 Å². The Labute approximate surface area is 204 Å². The summed E-state index contributed by atoms with van der Waals surface area (Å²) in [6.07, 6.45) is 3.86. The summed E-state index contributed by atoms with van der Waals surface area (Å²) in [7, 11) is -3.69. The molecular weight excluding hydrogens is 462 g/mol. The first-order chi connectivity index (χ1) is 16.9. The summed E-state index contributed by atoms with van der Waals surface area (Å²) in [6, 6.07) is 22.5. The number of pyridine rings is 1. The number of hydrogen-bond donors (Lipinski definition) is 0. The van der Waals surface area contributed by atoms with Crippen LogP contribution in [0.2, 0.25) is 0 Å². The number of fused-ring (bicyclic) bond motifs is 1. The molecule has 1 amide bonds. The minimum absolute atomic E-state index is 0.164. The molecule has 0 aliphatic carbocycles. The van der Waals surface area contributed by atoms with Crippen LogP contribution in [0.1, 0.15) is 40.2 Å². The number of sulfonamides is 1. The number of carbonyl (C=O) groups excluding carboxylic acids is 1. The molecular formula is C27H25N3O4S. The standard InChI is InChI=1S/C27H25N3O4S/c1-20(25-9-6-18-34-25)30(26-10-4-5-16-28-26)27(31)22-11-13-24(14-12-22)35(32,33)29-17-15-21-7-2-3-8-23(21)19-29/h2-14,16,18,20H,15,17,19H2,1H3. The van der Waals surface area contributed by atoms with Gasteiger partial charge in [0.25, 0.3) is 5.91 Å². The highest BCUT2D eigenvalue weighted by Gasteiger charge is 2.30. The SMILES string of the molecule is CC(c1ccco1)N(C(=O)c1ccc(S(=O)(=O)N2CCc3ccccc3C2)cc1)c1ccccn1. The number of amides is 1. The van der Waals surface area contributed by atoms with Gasteiger partial charge >= 0.3 is 0 Å². The summed E-state index contributed by atoms with van der Waals surface area (Å²) >= 11 is 0. The summed E-state index contributed by atoms with van der Waals surface area (Å²) < 4.78 is 33.6. The van der Waals surface area contributed by atoms with Gasteiger partial charge in [-0.2, -0.15) is 4.31 Å². The molecule has 0 spiro atoms. The molecule has 1 unspecified atom stereocenters. The average Bonchev–Trinajstić information content (AvgIpc) is 3.44. The number of nitrogens with zero attached hydrogens (tertiary/aromatic N) is 3. The van der Waals surface area contributed by atoms with Crippen LogP contribution in [0, 0.1) is 0 Å². The fourth-order valence-corrected chi connectivity index (χ4v) is 5.78. The Balaban J connectivity index is 1.41. The smallest absolute Gasteiger partial charge is 0.260 e. The largest absolute Gasteiger partial charge is 0.467 e. The quantitative estimate of drug-likeness (QED) is 0.389. The van der Waals surface area contributed by atoms with Gasteiger partial charge in [-0.15, -0.1) is 0 Å². The molecule has 3 heterocycles. The van der Waals surface area contributed by atoms with Gasteiger partial charge in [0.2, 0.25) is 10.0 Å². The van der Waals surface area contributed by atoms with E-state index in [1.54, 1.807) is 53.8 Å². The molecule has 0 bridgehead atoms. The number of hydrogen-bond acceptors (Lipinski definition) is 5. The lowest BCUT2D eigenvalue weighted by atomic mass is 10.0. The first kappa shape index (κ1) is 23.0. The van der Waals surface area contributed by atoms with Gasteiger partial charge in [0.1, 0.15) is 11.6 Å². The van der Waals surface area contributed by atoms with Crippen molar-refractivity contribution in [3.63, 3.8) is 0 Å². The highest BCUT2D eigenvalue weighted by molar-refractivity contribution is 7.89. The molecule has 35 heavy (non-hydrogen) atoms. The molecule has 2 aromatic heterocycles. The first-order valence-corrected chi connectivity index (χ1v) is 12.8. The van der Waals surface area contributed by atoms with Crippen LogP contribution in [-0.4, -0.2) is 30.2 Å². The molecule has 8 heteroatoms. The Morgan fingerprint density at radius 3 is 2.40 bits per heavy atom. The number of benzene rings is 2.